The lowest BCUT2D eigenvalue weighted by atomic mass is 9.58. The minimum atomic E-state index is -0.469. The van der Waals surface area contributed by atoms with Gasteiger partial charge in [-0.1, -0.05) is 11.2 Å². The summed E-state index contributed by atoms with van der Waals surface area (Å²) in [6.45, 7) is 0.900. The first-order valence-corrected chi connectivity index (χ1v) is 8.36. The highest BCUT2D eigenvalue weighted by molar-refractivity contribution is 6.09. The second kappa shape index (κ2) is 5.52. The minimum absolute atomic E-state index is 0.185. The predicted molar refractivity (Wildman–Crippen MR) is 93.5 cm³/mol. The largest absolute Gasteiger partial charge is 0.504 e. The Labute approximate surface area is 146 Å². The van der Waals surface area contributed by atoms with E-state index in [-0.39, 0.29) is 11.8 Å². The van der Waals surface area contributed by atoms with Crippen LogP contribution in [-0.2, 0) is 16.6 Å². The fraction of sp³-hybridized carbons (Fsp3) is 0.421. The Morgan fingerprint density at radius 3 is 2.76 bits per heavy atom. The first kappa shape index (κ1) is 16.0. The van der Waals surface area contributed by atoms with Crippen molar-refractivity contribution >= 4 is 5.71 Å². The maximum absolute atomic E-state index is 10.9. The number of aromatic hydroxyl groups is 1. The summed E-state index contributed by atoms with van der Waals surface area (Å²) < 4.78 is 10.8. The van der Waals surface area contributed by atoms with Crippen LogP contribution in [0.1, 0.15) is 17.5 Å². The number of likely N-dealkylation sites (tertiary alicyclic amines) is 1. The van der Waals surface area contributed by atoms with Gasteiger partial charge in [0.1, 0.15) is 11.5 Å². The molecule has 3 aliphatic rings. The molecular formula is C19H22N2O4. The zero-order chi connectivity index (χ0) is 17.8. The quantitative estimate of drug-likeness (QED) is 0.637. The van der Waals surface area contributed by atoms with Crippen molar-refractivity contribution < 1.29 is 19.8 Å². The van der Waals surface area contributed by atoms with Crippen LogP contribution in [0.4, 0.5) is 0 Å². The monoisotopic (exact) mass is 342 g/mol. The molecule has 0 amide bonds. The molecule has 1 saturated heterocycles. The van der Waals surface area contributed by atoms with Gasteiger partial charge in [-0.2, -0.15) is 0 Å². The Kier molecular flexibility index (Phi) is 3.54. The van der Waals surface area contributed by atoms with E-state index in [1.165, 1.54) is 0 Å². The van der Waals surface area contributed by atoms with E-state index < -0.39 is 5.41 Å². The molecule has 1 aromatic carbocycles. The zero-order valence-corrected chi connectivity index (χ0v) is 14.6. The summed E-state index contributed by atoms with van der Waals surface area (Å²) >= 11 is 0. The SMILES string of the molecule is COC1=CC23CCN(C)C(Cc4ccc(OC)c(O)c42)C3=C/C1=N\O. The normalized spacial score (nSPS) is 29.4. The lowest BCUT2D eigenvalue weighted by Crippen LogP contribution is -2.54. The summed E-state index contributed by atoms with van der Waals surface area (Å²) in [5.74, 6) is 1.17. The summed E-state index contributed by atoms with van der Waals surface area (Å²) in [5, 5.41) is 23.7. The maximum Gasteiger partial charge on any atom is 0.162 e. The Bertz CT molecular complexity index is 827. The molecule has 132 valence electrons. The van der Waals surface area contributed by atoms with Gasteiger partial charge in [-0.15, -0.1) is 0 Å². The van der Waals surface area contributed by atoms with Crippen LogP contribution in [-0.4, -0.2) is 54.8 Å². The van der Waals surface area contributed by atoms with Crippen molar-refractivity contribution in [2.24, 2.45) is 5.16 Å². The Morgan fingerprint density at radius 2 is 2.08 bits per heavy atom. The smallest absolute Gasteiger partial charge is 0.162 e. The van der Waals surface area contributed by atoms with E-state index in [0.29, 0.717) is 17.2 Å². The molecule has 2 atom stereocenters. The van der Waals surface area contributed by atoms with Crippen molar-refractivity contribution in [3.05, 3.63) is 46.7 Å². The van der Waals surface area contributed by atoms with Gasteiger partial charge in [-0.3, -0.25) is 4.90 Å². The standard InChI is InChI=1S/C19H22N2O4/c1-21-7-6-19-10-16(25-3)13(20-23)9-12(19)14(21)8-11-4-5-15(24-2)18(22)17(11)19/h4-5,9-10,14,22-23H,6-8H2,1-3H3/b20-13+. The first-order chi connectivity index (χ1) is 12.1. The Balaban J connectivity index is 2.04. The second-order valence-corrected chi connectivity index (χ2v) is 6.87. The van der Waals surface area contributed by atoms with Crippen molar-refractivity contribution in [2.75, 3.05) is 27.8 Å². The minimum Gasteiger partial charge on any atom is -0.504 e. The van der Waals surface area contributed by atoms with Crippen molar-refractivity contribution in [3.63, 3.8) is 0 Å². The molecular weight excluding hydrogens is 320 g/mol. The number of hydrogen-bond acceptors (Lipinski definition) is 6. The number of oxime groups is 1. The van der Waals surface area contributed by atoms with Gasteiger partial charge in [0.05, 0.1) is 14.2 Å². The van der Waals surface area contributed by atoms with Crippen LogP contribution >= 0.6 is 0 Å². The van der Waals surface area contributed by atoms with Crippen LogP contribution in [0.15, 0.2) is 40.8 Å². The molecule has 1 heterocycles. The second-order valence-electron chi connectivity index (χ2n) is 6.87. The highest BCUT2D eigenvalue weighted by atomic mass is 16.5. The molecule has 0 radical (unpaired) electrons. The van der Waals surface area contributed by atoms with Gasteiger partial charge < -0.3 is 19.8 Å². The number of phenolic OH excluding ortho intramolecular Hbond substituents is 1. The number of piperidine rings is 1. The van der Waals surface area contributed by atoms with Crippen LogP contribution in [0.25, 0.3) is 0 Å². The van der Waals surface area contributed by atoms with Gasteiger partial charge in [-0.25, -0.2) is 0 Å². The number of fused-ring (bicyclic) bond motifs is 1. The molecule has 4 rings (SSSR count). The van der Waals surface area contributed by atoms with E-state index in [0.717, 1.165) is 36.1 Å². The Hall–Kier alpha value is -2.47. The van der Waals surface area contributed by atoms with Crippen LogP contribution in [0.5, 0.6) is 11.5 Å². The van der Waals surface area contributed by atoms with Gasteiger partial charge in [0.2, 0.25) is 0 Å². The first-order valence-electron chi connectivity index (χ1n) is 8.36. The van der Waals surface area contributed by atoms with E-state index in [9.17, 15) is 10.3 Å². The molecule has 2 bridgehead atoms. The lowest BCUT2D eigenvalue weighted by Gasteiger charge is -2.52. The fourth-order valence-corrected chi connectivity index (χ4v) is 4.59. The number of likely N-dealkylation sites (N-methyl/N-ethyl adjacent to an activating group) is 1. The van der Waals surface area contributed by atoms with Crippen molar-refractivity contribution in [3.8, 4) is 11.5 Å². The van der Waals surface area contributed by atoms with Gasteiger partial charge in [0.25, 0.3) is 0 Å². The van der Waals surface area contributed by atoms with Crippen molar-refractivity contribution in [1.29, 1.82) is 0 Å². The number of hydrogen-bond donors (Lipinski definition) is 2. The van der Waals surface area contributed by atoms with E-state index in [2.05, 4.69) is 17.1 Å². The van der Waals surface area contributed by atoms with E-state index in [1.807, 2.05) is 24.3 Å². The van der Waals surface area contributed by atoms with Crippen LogP contribution in [0.3, 0.4) is 0 Å². The summed E-state index contributed by atoms with van der Waals surface area (Å²) in [5.41, 5.74) is 3.07. The topological polar surface area (TPSA) is 74.5 Å². The van der Waals surface area contributed by atoms with E-state index in [1.54, 1.807) is 14.2 Å². The van der Waals surface area contributed by atoms with Gasteiger partial charge in [0.15, 0.2) is 11.5 Å². The van der Waals surface area contributed by atoms with Crippen LogP contribution in [0, 0.1) is 0 Å². The van der Waals surface area contributed by atoms with Crippen LogP contribution < -0.4 is 4.74 Å². The third kappa shape index (κ3) is 2.03. The molecule has 2 unspecified atom stereocenters. The van der Waals surface area contributed by atoms with E-state index in [4.69, 9.17) is 9.47 Å². The van der Waals surface area contributed by atoms with Gasteiger partial charge in [0, 0.05) is 17.0 Å². The summed E-state index contributed by atoms with van der Waals surface area (Å²) in [7, 11) is 5.23. The molecule has 6 nitrogen and oxygen atoms in total. The highest BCUT2D eigenvalue weighted by Gasteiger charge is 2.51. The molecule has 2 N–H and O–H groups in total. The fourth-order valence-electron chi connectivity index (χ4n) is 4.59. The maximum atomic E-state index is 10.9. The predicted octanol–water partition coefficient (Wildman–Crippen LogP) is 2.20. The van der Waals surface area contributed by atoms with Gasteiger partial charge in [-0.05, 0) is 55.8 Å². The number of allylic oxidation sites excluding steroid dienone is 2. The summed E-state index contributed by atoms with van der Waals surface area (Å²) in [6, 6.07) is 4.05. The Morgan fingerprint density at radius 1 is 1.28 bits per heavy atom. The summed E-state index contributed by atoms with van der Waals surface area (Å²) in [4.78, 5) is 2.31. The molecule has 2 aliphatic carbocycles. The molecule has 1 aliphatic heterocycles. The molecule has 1 fully saturated rings. The number of nitrogens with zero attached hydrogens (tertiary/aromatic N) is 2. The molecule has 6 heteroatoms. The van der Waals surface area contributed by atoms with Gasteiger partial charge >= 0.3 is 0 Å². The molecule has 0 spiro atoms. The number of ether oxygens (including phenoxy) is 2. The molecule has 25 heavy (non-hydrogen) atoms. The number of methoxy groups -OCH3 is 2. The van der Waals surface area contributed by atoms with Crippen molar-refractivity contribution in [1.82, 2.24) is 4.90 Å². The highest BCUT2D eigenvalue weighted by Crippen LogP contribution is 2.55. The molecule has 0 aromatic heterocycles. The average Bonchev–Trinajstić information content (AvgIpc) is 2.63. The van der Waals surface area contributed by atoms with E-state index >= 15 is 0 Å². The molecule has 0 saturated carbocycles. The number of benzene rings is 1. The average molecular weight is 342 g/mol. The number of phenols is 1. The lowest BCUT2D eigenvalue weighted by molar-refractivity contribution is 0.180. The third-order valence-electron chi connectivity index (χ3n) is 5.82. The zero-order valence-electron chi connectivity index (χ0n) is 14.6. The van der Waals surface area contributed by atoms with Crippen LogP contribution in [0.2, 0.25) is 0 Å². The third-order valence-corrected chi connectivity index (χ3v) is 5.82. The molecule has 1 aromatic rings. The summed E-state index contributed by atoms with van der Waals surface area (Å²) in [6.07, 6.45) is 5.51. The number of rotatable bonds is 2. The van der Waals surface area contributed by atoms with Crippen molar-refractivity contribution in [2.45, 2.75) is 24.3 Å².